The number of hydrogen-bond acceptors (Lipinski definition) is 3. The van der Waals surface area contributed by atoms with Crippen molar-refractivity contribution in [2.45, 2.75) is 85.7 Å². The summed E-state index contributed by atoms with van der Waals surface area (Å²) in [5.41, 5.74) is -0.0423. The van der Waals surface area contributed by atoms with E-state index >= 15 is 0 Å². The predicted molar refractivity (Wildman–Crippen MR) is 74.1 cm³/mol. The zero-order valence-corrected chi connectivity index (χ0v) is 13.0. The molecule has 0 radical (unpaired) electrons. The molecule has 0 spiro atoms. The van der Waals surface area contributed by atoms with Crippen molar-refractivity contribution in [3.05, 3.63) is 0 Å². The summed E-state index contributed by atoms with van der Waals surface area (Å²) in [7, 11) is 0. The van der Waals surface area contributed by atoms with Gasteiger partial charge in [0.15, 0.2) is 0 Å². The third-order valence-electron chi connectivity index (χ3n) is 2.77. The molecule has 0 bridgehead atoms. The Morgan fingerprint density at radius 3 is 2.11 bits per heavy atom. The number of carbonyl (C=O) groups excluding carboxylic acids is 1. The second-order valence-corrected chi connectivity index (χ2v) is 6.82. The van der Waals surface area contributed by atoms with Gasteiger partial charge in [-0.1, -0.05) is 40.5 Å². The van der Waals surface area contributed by atoms with Crippen LogP contribution < -0.4 is 0 Å². The molecule has 3 nitrogen and oxygen atoms in total. The fraction of sp³-hybridized carbons (Fsp3) is 0.933. The molecule has 3 heteroatoms. The van der Waals surface area contributed by atoms with Gasteiger partial charge in [0, 0.05) is 6.42 Å². The molecule has 0 aliphatic heterocycles. The predicted octanol–water partition coefficient (Wildman–Crippen LogP) is 4.65. The minimum absolute atomic E-state index is 0.256. The molecule has 0 heterocycles. The molecule has 0 N–H and O–H groups in total. The highest BCUT2D eigenvalue weighted by molar-refractivity contribution is 5.68. The van der Waals surface area contributed by atoms with E-state index in [1.807, 2.05) is 13.8 Å². The summed E-state index contributed by atoms with van der Waals surface area (Å²) in [6.45, 7) is 12.6. The maximum Gasteiger partial charge on any atom is 0.342 e. The van der Waals surface area contributed by atoms with E-state index in [-0.39, 0.29) is 11.6 Å². The normalized spacial score (nSPS) is 12.6. The maximum absolute atomic E-state index is 11.5. The molecule has 108 valence electrons. The average Bonchev–Trinajstić information content (AvgIpc) is 2.20. The van der Waals surface area contributed by atoms with Crippen molar-refractivity contribution in [3.63, 3.8) is 0 Å². The molecule has 0 saturated heterocycles. The molecule has 0 aromatic carbocycles. The van der Waals surface area contributed by atoms with E-state index in [4.69, 9.17) is 9.78 Å². The van der Waals surface area contributed by atoms with E-state index in [0.717, 1.165) is 32.1 Å². The standard InChI is InChI=1S/C15H30O3/c1-7-11-15(5,6)18-17-13(16)10-8-9-12-14(2,3)4/h7-12H2,1-6H3. The van der Waals surface area contributed by atoms with Gasteiger partial charge in [-0.3, -0.25) is 4.89 Å². The van der Waals surface area contributed by atoms with Crippen LogP contribution in [0, 0.1) is 5.41 Å². The lowest BCUT2D eigenvalue weighted by Gasteiger charge is -2.22. The summed E-state index contributed by atoms with van der Waals surface area (Å²) >= 11 is 0. The first-order valence-electron chi connectivity index (χ1n) is 7.05. The Labute approximate surface area is 112 Å². The number of rotatable bonds is 8. The highest BCUT2D eigenvalue weighted by Gasteiger charge is 2.21. The van der Waals surface area contributed by atoms with Gasteiger partial charge in [0.05, 0.1) is 0 Å². The van der Waals surface area contributed by atoms with Crippen LogP contribution in [0.25, 0.3) is 0 Å². The second kappa shape index (κ2) is 7.78. The molecule has 0 aliphatic rings. The topological polar surface area (TPSA) is 35.5 Å². The summed E-state index contributed by atoms with van der Waals surface area (Å²) in [4.78, 5) is 21.5. The van der Waals surface area contributed by atoms with Crippen LogP contribution in [0.5, 0.6) is 0 Å². The van der Waals surface area contributed by atoms with E-state index < -0.39 is 0 Å². The van der Waals surface area contributed by atoms with Gasteiger partial charge >= 0.3 is 5.97 Å². The van der Waals surface area contributed by atoms with Gasteiger partial charge in [-0.25, -0.2) is 4.79 Å². The van der Waals surface area contributed by atoms with Crippen LogP contribution in [0.4, 0.5) is 0 Å². The Kier molecular flexibility index (Phi) is 7.53. The molecule has 0 rings (SSSR count). The summed E-state index contributed by atoms with van der Waals surface area (Å²) < 4.78 is 0. The van der Waals surface area contributed by atoms with Gasteiger partial charge in [0.1, 0.15) is 5.60 Å². The Morgan fingerprint density at radius 1 is 1.00 bits per heavy atom. The van der Waals surface area contributed by atoms with Crippen LogP contribution >= 0.6 is 0 Å². The van der Waals surface area contributed by atoms with Crippen molar-refractivity contribution in [2.75, 3.05) is 0 Å². The number of carbonyl (C=O) groups is 1. The van der Waals surface area contributed by atoms with Crippen molar-refractivity contribution < 1.29 is 14.6 Å². The lowest BCUT2D eigenvalue weighted by molar-refractivity contribution is -0.326. The molecule has 18 heavy (non-hydrogen) atoms. The van der Waals surface area contributed by atoms with Crippen LogP contribution in [0.3, 0.4) is 0 Å². The van der Waals surface area contributed by atoms with Gasteiger partial charge in [-0.2, -0.15) is 4.89 Å². The Balaban J connectivity index is 3.66. The third-order valence-corrected chi connectivity index (χ3v) is 2.77. The summed E-state index contributed by atoms with van der Waals surface area (Å²) in [6, 6.07) is 0. The molecule has 0 amide bonds. The van der Waals surface area contributed by atoms with Gasteiger partial charge in [-0.15, -0.1) is 0 Å². The average molecular weight is 258 g/mol. The molecular weight excluding hydrogens is 228 g/mol. The molecule has 0 aromatic heterocycles. The number of unbranched alkanes of at least 4 members (excludes halogenated alkanes) is 1. The van der Waals surface area contributed by atoms with Crippen LogP contribution in [-0.4, -0.2) is 11.6 Å². The van der Waals surface area contributed by atoms with Crippen molar-refractivity contribution in [1.82, 2.24) is 0 Å². The van der Waals surface area contributed by atoms with Crippen LogP contribution in [0.2, 0.25) is 0 Å². The fourth-order valence-electron chi connectivity index (χ4n) is 1.77. The SMILES string of the molecule is CCCC(C)(C)OOC(=O)CCCCC(C)(C)C. The van der Waals surface area contributed by atoms with Gasteiger partial charge in [0.2, 0.25) is 0 Å². The molecule has 0 saturated carbocycles. The smallest absolute Gasteiger partial charge is 0.298 e. The lowest BCUT2D eigenvalue weighted by atomic mass is 9.89. The Hall–Kier alpha value is -0.570. The van der Waals surface area contributed by atoms with E-state index in [0.29, 0.717) is 11.8 Å². The van der Waals surface area contributed by atoms with Crippen molar-refractivity contribution >= 4 is 5.97 Å². The summed E-state index contributed by atoms with van der Waals surface area (Å²) in [6.07, 6.45) is 5.38. The minimum atomic E-state index is -0.379. The highest BCUT2D eigenvalue weighted by Crippen LogP contribution is 2.22. The molecule has 0 aromatic rings. The van der Waals surface area contributed by atoms with Gasteiger partial charge in [-0.05, 0) is 38.5 Å². The number of hydrogen-bond donors (Lipinski definition) is 0. The molecular formula is C15H30O3. The van der Waals surface area contributed by atoms with E-state index in [1.54, 1.807) is 0 Å². The minimum Gasteiger partial charge on any atom is -0.298 e. The van der Waals surface area contributed by atoms with Crippen molar-refractivity contribution in [1.29, 1.82) is 0 Å². The van der Waals surface area contributed by atoms with Crippen LogP contribution in [0.15, 0.2) is 0 Å². The zero-order chi connectivity index (χ0) is 14.2. The lowest BCUT2D eigenvalue weighted by Crippen LogP contribution is -2.25. The van der Waals surface area contributed by atoms with Crippen LogP contribution in [-0.2, 0) is 14.6 Å². The van der Waals surface area contributed by atoms with Crippen molar-refractivity contribution in [3.8, 4) is 0 Å². The first kappa shape index (κ1) is 17.4. The van der Waals surface area contributed by atoms with Crippen molar-refractivity contribution in [2.24, 2.45) is 5.41 Å². The fourth-order valence-corrected chi connectivity index (χ4v) is 1.77. The first-order valence-corrected chi connectivity index (χ1v) is 7.05. The molecule has 0 aliphatic carbocycles. The summed E-state index contributed by atoms with van der Waals surface area (Å²) in [5.74, 6) is -0.256. The van der Waals surface area contributed by atoms with E-state index in [9.17, 15) is 4.79 Å². The first-order chi connectivity index (χ1) is 8.16. The highest BCUT2D eigenvalue weighted by atomic mass is 17.2. The molecule has 0 atom stereocenters. The Morgan fingerprint density at radius 2 is 1.61 bits per heavy atom. The monoisotopic (exact) mass is 258 g/mol. The van der Waals surface area contributed by atoms with Crippen LogP contribution in [0.1, 0.15) is 80.1 Å². The third kappa shape index (κ3) is 10.6. The molecule has 0 unspecified atom stereocenters. The molecule has 0 fully saturated rings. The summed E-state index contributed by atoms with van der Waals surface area (Å²) in [5, 5.41) is 0. The maximum atomic E-state index is 11.5. The Bertz CT molecular complexity index is 239. The zero-order valence-electron chi connectivity index (χ0n) is 13.0. The van der Waals surface area contributed by atoms with Gasteiger partial charge in [0.25, 0.3) is 0 Å². The van der Waals surface area contributed by atoms with E-state index in [2.05, 4.69) is 27.7 Å². The van der Waals surface area contributed by atoms with Gasteiger partial charge < -0.3 is 0 Å². The van der Waals surface area contributed by atoms with E-state index in [1.165, 1.54) is 0 Å². The quantitative estimate of drug-likeness (QED) is 0.361. The largest absolute Gasteiger partial charge is 0.342 e. The second-order valence-electron chi connectivity index (χ2n) is 6.82.